The van der Waals surface area contributed by atoms with E-state index in [4.69, 9.17) is 9.47 Å². The smallest absolute Gasteiger partial charge is 0.172 e. The number of hydrogen-bond donors (Lipinski definition) is 1. The van der Waals surface area contributed by atoms with Gasteiger partial charge in [0.25, 0.3) is 0 Å². The van der Waals surface area contributed by atoms with Gasteiger partial charge in [-0.2, -0.15) is 0 Å². The number of benzene rings is 3. The minimum absolute atomic E-state index is 0.551. The molecule has 128 valence electrons. The van der Waals surface area contributed by atoms with Crippen LogP contribution in [0.1, 0.15) is 16.1 Å². The predicted octanol–water partition coefficient (Wildman–Crippen LogP) is 5.87. The molecule has 0 saturated heterocycles. The van der Waals surface area contributed by atoms with E-state index in [1.807, 2.05) is 79.7 Å². The Morgan fingerprint density at radius 1 is 0.808 bits per heavy atom. The van der Waals surface area contributed by atoms with Crippen LogP contribution < -0.4 is 9.47 Å². The van der Waals surface area contributed by atoms with E-state index < -0.39 is 0 Å². The van der Waals surface area contributed by atoms with Gasteiger partial charge in [-0.1, -0.05) is 36.4 Å². The van der Waals surface area contributed by atoms with Gasteiger partial charge in [0, 0.05) is 22.7 Å². The van der Waals surface area contributed by atoms with Crippen LogP contribution in [0, 0.1) is 6.92 Å². The molecule has 0 saturated carbocycles. The Balaban J connectivity index is 1.84. The van der Waals surface area contributed by atoms with Gasteiger partial charge in [0.15, 0.2) is 17.8 Å². The highest BCUT2D eigenvalue weighted by Gasteiger charge is 2.15. The molecule has 0 fully saturated rings. The fraction of sp³-hybridized carbons (Fsp3) is 0.0455. The number of aldehydes is 1. The van der Waals surface area contributed by atoms with Gasteiger partial charge < -0.3 is 14.5 Å². The van der Waals surface area contributed by atoms with Crippen LogP contribution in [0.15, 0.2) is 72.8 Å². The summed E-state index contributed by atoms with van der Waals surface area (Å²) in [4.78, 5) is 14.7. The molecular weight excluding hydrogens is 326 g/mol. The average Bonchev–Trinajstić information content (AvgIpc) is 2.97. The Bertz CT molecular complexity index is 1050. The van der Waals surface area contributed by atoms with E-state index in [2.05, 4.69) is 4.98 Å². The Morgan fingerprint density at radius 3 is 1.88 bits per heavy atom. The largest absolute Gasteiger partial charge is 0.453 e. The zero-order valence-corrected chi connectivity index (χ0v) is 14.2. The number of aryl methyl sites for hydroxylation is 1. The maximum atomic E-state index is 11.5. The van der Waals surface area contributed by atoms with Crippen LogP contribution in [0.3, 0.4) is 0 Å². The van der Waals surface area contributed by atoms with E-state index in [0.29, 0.717) is 28.6 Å². The van der Waals surface area contributed by atoms with Crippen LogP contribution in [0.2, 0.25) is 0 Å². The Morgan fingerprint density at radius 2 is 1.35 bits per heavy atom. The summed E-state index contributed by atoms with van der Waals surface area (Å²) in [5, 5.41) is 0.809. The molecule has 0 amide bonds. The fourth-order valence-corrected chi connectivity index (χ4v) is 2.90. The summed E-state index contributed by atoms with van der Waals surface area (Å²) < 4.78 is 12.1. The molecule has 0 atom stereocenters. The highest BCUT2D eigenvalue weighted by atomic mass is 16.5. The molecule has 1 aromatic heterocycles. The van der Waals surface area contributed by atoms with Crippen LogP contribution in [0.25, 0.3) is 10.9 Å². The third-order valence-corrected chi connectivity index (χ3v) is 4.16. The summed E-state index contributed by atoms with van der Waals surface area (Å²) in [6, 6.07) is 22.7. The second-order valence-corrected chi connectivity index (χ2v) is 5.96. The second-order valence-electron chi connectivity index (χ2n) is 5.96. The van der Waals surface area contributed by atoms with Crippen LogP contribution in [0.4, 0.5) is 0 Å². The van der Waals surface area contributed by atoms with E-state index >= 15 is 0 Å². The van der Waals surface area contributed by atoms with E-state index in [1.165, 1.54) is 0 Å². The van der Waals surface area contributed by atoms with Crippen LogP contribution in [0.5, 0.6) is 23.0 Å². The van der Waals surface area contributed by atoms with Crippen molar-refractivity contribution < 1.29 is 14.3 Å². The SMILES string of the molecule is Cc1[nH]c2cc(Oc3ccccc3)c(Oc3ccccc3)cc2c1C=O. The van der Waals surface area contributed by atoms with Crippen molar-refractivity contribution in [2.45, 2.75) is 6.92 Å². The predicted molar refractivity (Wildman–Crippen MR) is 101 cm³/mol. The first-order chi connectivity index (χ1) is 12.7. The minimum atomic E-state index is 0.551. The molecular formula is C22H17NO3. The number of aromatic nitrogens is 1. The molecule has 3 aromatic carbocycles. The Labute approximate surface area is 151 Å². The summed E-state index contributed by atoms with van der Waals surface area (Å²) in [7, 11) is 0. The van der Waals surface area contributed by atoms with Gasteiger partial charge in [-0.3, -0.25) is 4.79 Å². The van der Waals surface area contributed by atoms with Crippen molar-refractivity contribution in [1.82, 2.24) is 4.98 Å². The molecule has 0 aliphatic carbocycles. The molecule has 4 nitrogen and oxygen atoms in total. The molecule has 4 heteroatoms. The third kappa shape index (κ3) is 3.05. The summed E-state index contributed by atoms with van der Waals surface area (Å²) in [5.74, 6) is 2.54. The van der Waals surface area contributed by atoms with Crippen molar-refractivity contribution >= 4 is 17.2 Å². The quantitative estimate of drug-likeness (QED) is 0.461. The van der Waals surface area contributed by atoms with Crippen LogP contribution >= 0.6 is 0 Å². The number of H-pyrrole nitrogens is 1. The van der Waals surface area contributed by atoms with Gasteiger partial charge in [0.05, 0.1) is 5.52 Å². The van der Waals surface area contributed by atoms with E-state index in [-0.39, 0.29) is 0 Å². The number of carbonyl (C=O) groups excluding carboxylic acids is 1. The standard InChI is InChI=1S/C22H17NO3/c1-15-19(14-24)18-12-21(25-16-8-4-2-5-9-16)22(13-20(18)23-15)26-17-10-6-3-7-11-17/h2-14,23H,1H3. The van der Waals surface area contributed by atoms with E-state index in [1.54, 1.807) is 0 Å². The van der Waals surface area contributed by atoms with Gasteiger partial charge >= 0.3 is 0 Å². The van der Waals surface area contributed by atoms with Crippen molar-refractivity contribution in [2.24, 2.45) is 0 Å². The average molecular weight is 343 g/mol. The second kappa shape index (κ2) is 6.76. The normalized spacial score (nSPS) is 10.7. The summed E-state index contributed by atoms with van der Waals surface area (Å²) in [5.41, 5.74) is 2.28. The molecule has 1 heterocycles. The molecule has 0 radical (unpaired) electrons. The zero-order chi connectivity index (χ0) is 17.9. The molecule has 4 aromatic rings. The highest BCUT2D eigenvalue weighted by Crippen LogP contribution is 2.39. The van der Waals surface area contributed by atoms with Crippen molar-refractivity contribution in [3.05, 3.63) is 84.1 Å². The third-order valence-electron chi connectivity index (χ3n) is 4.16. The zero-order valence-electron chi connectivity index (χ0n) is 14.2. The number of para-hydroxylation sites is 2. The molecule has 0 bridgehead atoms. The lowest BCUT2D eigenvalue weighted by atomic mass is 10.1. The molecule has 0 aliphatic rings. The van der Waals surface area contributed by atoms with Crippen molar-refractivity contribution in [2.75, 3.05) is 0 Å². The molecule has 0 unspecified atom stereocenters. The molecule has 1 N–H and O–H groups in total. The van der Waals surface area contributed by atoms with E-state index in [0.717, 1.165) is 22.9 Å². The maximum absolute atomic E-state index is 11.5. The highest BCUT2D eigenvalue weighted by molar-refractivity contribution is 6.00. The van der Waals surface area contributed by atoms with Crippen molar-refractivity contribution in [3.63, 3.8) is 0 Å². The van der Waals surface area contributed by atoms with Crippen molar-refractivity contribution in [3.8, 4) is 23.0 Å². The van der Waals surface area contributed by atoms with Gasteiger partial charge in [-0.15, -0.1) is 0 Å². The molecule has 26 heavy (non-hydrogen) atoms. The van der Waals surface area contributed by atoms with Crippen molar-refractivity contribution in [1.29, 1.82) is 0 Å². The lowest BCUT2D eigenvalue weighted by molar-refractivity contribution is 0.112. The van der Waals surface area contributed by atoms with E-state index in [9.17, 15) is 4.79 Å². The minimum Gasteiger partial charge on any atom is -0.453 e. The first kappa shape index (κ1) is 16.0. The Kier molecular flexibility index (Phi) is 4.15. The number of fused-ring (bicyclic) bond motifs is 1. The topological polar surface area (TPSA) is 51.3 Å². The number of hydrogen-bond acceptors (Lipinski definition) is 3. The van der Waals surface area contributed by atoms with Gasteiger partial charge in [0.1, 0.15) is 11.5 Å². The molecule has 4 rings (SSSR count). The summed E-state index contributed by atoms with van der Waals surface area (Å²) in [6.45, 7) is 1.87. The Hall–Kier alpha value is -3.53. The number of rotatable bonds is 5. The van der Waals surface area contributed by atoms with Gasteiger partial charge in [-0.25, -0.2) is 0 Å². The first-order valence-corrected chi connectivity index (χ1v) is 8.32. The van der Waals surface area contributed by atoms with Gasteiger partial charge in [0.2, 0.25) is 0 Å². The van der Waals surface area contributed by atoms with Gasteiger partial charge in [-0.05, 0) is 37.3 Å². The molecule has 0 aliphatic heterocycles. The molecule has 0 spiro atoms. The number of ether oxygens (including phenoxy) is 2. The maximum Gasteiger partial charge on any atom is 0.172 e. The summed E-state index contributed by atoms with van der Waals surface area (Å²) in [6.07, 6.45) is 0.859. The lowest BCUT2D eigenvalue weighted by Gasteiger charge is -2.13. The lowest BCUT2D eigenvalue weighted by Crippen LogP contribution is -1.91. The van der Waals surface area contributed by atoms with Crippen LogP contribution in [-0.4, -0.2) is 11.3 Å². The number of aromatic amines is 1. The fourth-order valence-electron chi connectivity index (χ4n) is 2.90. The number of carbonyl (C=O) groups is 1. The first-order valence-electron chi connectivity index (χ1n) is 8.32. The summed E-state index contributed by atoms with van der Waals surface area (Å²) >= 11 is 0. The monoisotopic (exact) mass is 343 g/mol. The van der Waals surface area contributed by atoms with Crippen LogP contribution in [-0.2, 0) is 0 Å². The number of nitrogens with one attached hydrogen (secondary N) is 1.